The molecule has 0 saturated carbocycles. The van der Waals surface area contributed by atoms with E-state index in [1.54, 1.807) is 0 Å². The van der Waals surface area contributed by atoms with Crippen LogP contribution in [0.1, 0.15) is 110 Å². The Morgan fingerprint density at radius 2 is 1.16 bits per heavy atom. The zero-order valence-corrected chi connectivity index (χ0v) is 16.1. The Labute approximate surface area is 153 Å². The smallest absolute Gasteiger partial charge is 0.331 e. The van der Waals surface area contributed by atoms with Gasteiger partial charge in [0.15, 0.2) is 0 Å². The van der Waals surface area contributed by atoms with Crippen LogP contribution in [-0.4, -0.2) is 22.2 Å². The maximum Gasteiger partial charge on any atom is 0.331 e. The van der Waals surface area contributed by atoms with E-state index in [1.165, 1.54) is 51.4 Å². The fourth-order valence-corrected chi connectivity index (χ4v) is 2.97. The molecule has 0 spiro atoms. The fraction of sp³-hybridized carbons (Fsp3) is 0.810. The third kappa shape index (κ3) is 17.3. The van der Waals surface area contributed by atoms with Gasteiger partial charge in [0.2, 0.25) is 0 Å². The minimum Gasteiger partial charge on any atom is -0.481 e. The van der Waals surface area contributed by atoms with Gasteiger partial charge in [-0.05, 0) is 32.1 Å². The highest BCUT2D eigenvalue weighted by atomic mass is 16.4. The average Bonchev–Trinajstić information content (AvgIpc) is 2.57. The molecule has 0 amide bonds. The first kappa shape index (κ1) is 23.7. The van der Waals surface area contributed by atoms with Gasteiger partial charge in [-0.3, -0.25) is 4.79 Å². The number of rotatable bonds is 18. The molecule has 0 unspecified atom stereocenters. The second-order valence-corrected chi connectivity index (χ2v) is 6.96. The average molecular weight is 355 g/mol. The molecule has 0 radical (unpaired) electrons. The second kappa shape index (κ2) is 17.5. The third-order valence-corrected chi connectivity index (χ3v) is 4.56. The molecule has 0 aromatic heterocycles. The number of hydrogen-bond donors (Lipinski definition) is 2. The van der Waals surface area contributed by atoms with Crippen LogP contribution in [0.4, 0.5) is 0 Å². The molecule has 0 fully saturated rings. The summed E-state index contributed by atoms with van der Waals surface area (Å²) in [7, 11) is 0. The van der Waals surface area contributed by atoms with Crippen molar-refractivity contribution in [1.82, 2.24) is 0 Å². The number of carboxylic acids is 2. The summed E-state index contributed by atoms with van der Waals surface area (Å²) in [5.41, 5.74) is 0.526. The van der Waals surface area contributed by atoms with Crippen molar-refractivity contribution in [2.45, 2.75) is 110 Å². The van der Waals surface area contributed by atoms with Gasteiger partial charge in [0, 0.05) is 12.0 Å². The van der Waals surface area contributed by atoms with Gasteiger partial charge in [0.1, 0.15) is 0 Å². The summed E-state index contributed by atoms with van der Waals surface area (Å²) in [5.74, 6) is -1.56. The van der Waals surface area contributed by atoms with Crippen molar-refractivity contribution in [2.24, 2.45) is 0 Å². The quantitative estimate of drug-likeness (QED) is 0.222. The van der Waals surface area contributed by atoms with Crippen LogP contribution in [0.15, 0.2) is 11.6 Å². The fourth-order valence-electron chi connectivity index (χ4n) is 2.97. The highest BCUT2D eigenvalue weighted by molar-refractivity contribution is 5.86. The van der Waals surface area contributed by atoms with Gasteiger partial charge < -0.3 is 10.2 Å². The Bertz CT molecular complexity index is 374. The minimum absolute atomic E-state index is 0.209. The lowest BCUT2D eigenvalue weighted by molar-refractivity contribution is -0.137. The number of unbranched alkanes of at least 4 members (excludes halogenated alkanes) is 12. The molecule has 0 saturated heterocycles. The topological polar surface area (TPSA) is 74.6 Å². The summed E-state index contributed by atoms with van der Waals surface area (Å²) in [6.45, 7) is 2.23. The van der Waals surface area contributed by atoms with Crippen LogP contribution in [-0.2, 0) is 9.59 Å². The zero-order valence-electron chi connectivity index (χ0n) is 16.1. The summed E-state index contributed by atoms with van der Waals surface area (Å²) in [6, 6.07) is 0. The van der Waals surface area contributed by atoms with E-state index in [9.17, 15) is 14.7 Å². The molecule has 0 aliphatic heterocycles. The largest absolute Gasteiger partial charge is 0.481 e. The summed E-state index contributed by atoms with van der Waals surface area (Å²) < 4.78 is 0. The minimum atomic E-state index is -0.804. The predicted octanol–water partition coefficient (Wildman–Crippen LogP) is 6.34. The monoisotopic (exact) mass is 354 g/mol. The van der Waals surface area contributed by atoms with Gasteiger partial charge in [-0.1, -0.05) is 77.2 Å². The number of hydrogen-bond acceptors (Lipinski definition) is 2. The van der Waals surface area contributed by atoms with Crippen LogP contribution in [0.2, 0.25) is 0 Å². The SMILES string of the molecule is CCCCCCCCCCCC=C(CCCCCCC(=O)O)C(=O)O. The Morgan fingerprint density at radius 1 is 0.680 bits per heavy atom. The molecule has 0 aromatic carbocycles. The Kier molecular flexibility index (Phi) is 16.6. The van der Waals surface area contributed by atoms with Crippen LogP contribution in [0.25, 0.3) is 0 Å². The summed E-state index contributed by atoms with van der Waals surface area (Å²) in [5, 5.41) is 17.8. The Balaban J connectivity index is 3.65. The Hall–Kier alpha value is -1.32. The van der Waals surface area contributed by atoms with Crippen molar-refractivity contribution in [3.8, 4) is 0 Å². The molecular formula is C21H38O4. The predicted molar refractivity (Wildman–Crippen MR) is 103 cm³/mol. The molecule has 2 N–H and O–H groups in total. The van der Waals surface area contributed by atoms with Crippen molar-refractivity contribution in [3.05, 3.63) is 11.6 Å². The highest BCUT2D eigenvalue weighted by Gasteiger charge is 2.06. The van der Waals surface area contributed by atoms with E-state index in [0.29, 0.717) is 18.4 Å². The van der Waals surface area contributed by atoms with Gasteiger partial charge >= 0.3 is 11.9 Å². The molecule has 25 heavy (non-hydrogen) atoms. The number of aliphatic carboxylic acids is 2. The first-order chi connectivity index (χ1) is 12.1. The van der Waals surface area contributed by atoms with E-state index in [-0.39, 0.29) is 6.42 Å². The van der Waals surface area contributed by atoms with Crippen LogP contribution in [0.5, 0.6) is 0 Å². The lowest BCUT2D eigenvalue weighted by atomic mass is 10.0. The van der Waals surface area contributed by atoms with Gasteiger partial charge in [-0.2, -0.15) is 0 Å². The number of carboxylic acid groups (broad SMARTS) is 2. The molecule has 0 aliphatic carbocycles. The van der Waals surface area contributed by atoms with Crippen molar-refractivity contribution >= 4 is 11.9 Å². The number of allylic oxidation sites excluding steroid dienone is 1. The van der Waals surface area contributed by atoms with Crippen molar-refractivity contribution in [1.29, 1.82) is 0 Å². The molecule has 0 aliphatic rings. The van der Waals surface area contributed by atoms with Crippen LogP contribution < -0.4 is 0 Å². The molecule has 0 atom stereocenters. The lowest BCUT2D eigenvalue weighted by Gasteiger charge is -2.04. The molecule has 0 bridgehead atoms. The van der Waals surface area contributed by atoms with E-state index in [4.69, 9.17) is 5.11 Å². The standard InChI is InChI=1S/C21H38O4/c1-2-3-4-5-6-7-8-9-10-13-16-19(21(24)25)17-14-11-12-15-18-20(22)23/h16H,2-15,17-18H2,1H3,(H,22,23)(H,24,25). The molecule has 0 rings (SSSR count). The second-order valence-electron chi connectivity index (χ2n) is 6.96. The molecule has 0 heterocycles. The van der Waals surface area contributed by atoms with E-state index in [1.807, 2.05) is 6.08 Å². The zero-order chi connectivity index (χ0) is 18.8. The molecule has 146 valence electrons. The maximum atomic E-state index is 11.3. The number of carbonyl (C=O) groups is 2. The first-order valence-electron chi connectivity index (χ1n) is 10.2. The molecule has 4 heteroatoms. The highest BCUT2D eigenvalue weighted by Crippen LogP contribution is 2.15. The van der Waals surface area contributed by atoms with Gasteiger partial charge in [0.25, 0.3) is 0 Å². The van der Waals surface area contributed by atoms with E-state index < -0.39 is 11.9 Å². The van der Waals surface area contributed by atoms with E-state index >= 15 is 0 Å². The van der Waals surface area contributed by atoms with Crippen LogP contribution in [0.3, 0.4) is 0 Å². The van der Waals surface area contributed by atoms with E-state index in [0.717, 1.165) is 32.1 Å². The van der Waals surface area contributed by atoms with Crippen molar-refractivity contribution in [2.75, 3.05) is 0 Å². The Morgan fingerprint density at radius 3 is 1.68 bits per heavy atom. The van der Waals surface area contributed by atoms with Gasteiger partial charge in [-0.25, -0.2) is 4.79 Å². The van der Waals surface area contributed by atoms with Crippen LogP contribution in [0, 0.1) is 0 Å². The molecular weight excluding hydrogens is 316 g/mol. The van der Waals surface area contributed by atoms with Gasteiger partial charge in [0.05, 0.1) is 0 Å². The lowest BCUT2D eigenvalue weighted by Crippen LogP contribution is -2.01. The van der Waals surface area contributed by atoms with Crippen molar-refractivity contribution in [3.63, 3.8) is 0 Å². The van der Waals surface area contributed by atoms with Crippen LogP contribution >= 0.6 is 0 Å². The molecule has 4 nitrogen and oxygen atoms in total. The maximum absolute atomic E-state index is 11.3. The van der Waals surface area contributed by atoms with E-state index in [2.05, 4.69) is 6.92 Å². The molecule has 0 aromatic rings. The first-order valence-corrected chi connectivity index (χ1v) is 10.2. The van der Waals surface area contributed by atoms with Crippen molar-refractivity contribution < 1.29 is 19.8 Å². The summed E-state index contributed by atoms with van der Waals surface area (Å²) in [4.78, 5) is 21.7. The summed E-state index contributed by atoms with van der Waals surface area (Å²) in [6.07, 6.45) is 18.3. The van der Waals surface area contributed by atoms with Gasteiger partial charge in [-0.15, -0.1) is 0 Å². The third-order valence-electron chi connectivity index (χ3n) is 4.56. The normalized spacial score (nSPS) is 11.6. The summed E-state index contributed by atoms with van der Waals surface area (Å²) >= 11 is 0.